The molecule has 0 radical (unpaired) electrons. The van der Waals surface area contributed by atoms with Gasteiger partial charge in [0.2, 0.25) is 0 Å². The molecule has 5 nitrogen and oxygen atoms in total. The van der Waals surface area contributed by atoms with Gasteiger partial charge in [-0.1, -0.05) is 213 Å². The highest BCUT2D eigenvalue weighted by Crippen LogP contribution is 2.18. The van der Waals surface area contributed by atoms with E-state index < -0.39 is 0 Å². The van der Waals surface area contributed by atoms with Crippen LogP contribution in [-0.2, 0) is 9.53 Å². The van der Waals surface area contributed by atoms with Gasteiger partial charge in [0.15, 0.2) is 0 Å². The number of hydrogen-bond donors (Lipinski definition) is 2. The predicted molar refractivity (Wildman–Crippen MR) is 230 cm³/mol. The van der Waals surface area contributed by atoms with Crippen LogP contribution in [0.4, 0.5) is 0 Å². The Bertz CT molecular complexity index is 602. The molecule has 0 aromatic rings. The van der Waals surface area contributed by atoms with Crippen LogP contribution < -0.4 is 0 Å². The number of carboxylic acid groups (broad SMARTS) is 1. The van der Waals surface area contributed by atoms with Gasteiger partial charge in [0.25, 0.3) is 6.47 Å². The molecule has 0 aliphatic carbocycles. The monoisotopic (exact) mass is 740 g/mol. The Kier molecular flexibility index (Phi) is 51.8. The summed E-state index contributed by atoms with van der Waals surface area (Å²) in [5, 5.41) is 16.2. The van der Waals surface area contributed by atoms with Crippen LogP contribution in [0.5, 0.6) is 0 Å². The van der Waals surface area contributed by atoms with Gasteiger partial charge in [-0.3, -0.25) is 4.79 Å². The highest BCUT2D eigenvalue weighted by Gasteiger charge is 2.09. The van der Waals surface area contributed by atoms with Gasteiger partial charge in [0.1, 0.15) is 0 Å². The van der Waals surface area contributed by atoms with E-state index in [0.29, 0.717) is 12.7 Å². The largest absolute Gasteiger partial charge is 0.483 e. The van der Waals surface area contributed by atoms with Crippen molar-refractivity contribution in [1.29, 1.82) is 0 Å². The van der Waals surface area contributed by atoms with E-state index in [2.05, 4.69) is 25.7 Å². The van der Waals surface area contributed by atoms with Gasteiger partial charge in [-0.05, 0) is 64.6 Å². The highest BCUT2D eigenvalue weighted by atomic mass is 16.5. The molecule has 0 spiro atoms. The molecule has 2 N–H and O–H groups in total. The van der Waals surface area contributed by atoms with Crippen molar-refractivity contribution in [3.05, 3.63) is 0 Å². The molecule has 314 valence electrons. The molecule has 0 aromatic carbocycles. The van der Waals surface area contributed by atoms with Crippen LogP contribution in [0, 0.1) is 0 Å². The van der Waals surface area contributed by atoms with Crippen molar-refractivity contribution < 1.29 is 19.7 Å². The van der Waals surface area contributed by atoms with E-state index in [4.69, 9.17) is 14.6 Å². The summed E-state index contributed by atoms with van der Waals surface area (Å²) >= 11 is 0. The van der Waals surface area contributed by atoms with Crippen LogP contribution in [0.1, 0.15) is 258 Å². The van der Waals surface area contributed by atoms with Gasteiger partial charge < -0.3 is 19.8 Å². The van der Waals surface area contributed by atoms with Crippen LogP contribution in [0.2, 0.25) is 0 Å². The molecule has 0 saturated carbocycles. The lowest BCUT2D eigenvalue weighted by Gasteiger charge is -2.22. The summed E-state index contributed by atoms with van der Waals surface area (Å²) in [6.07, 6.45) is 51.4. The van der Waals surface area contributed by atoms with Crippen molar-refractivity contribution in [2.75, 3.05) is 32.8 Å². The first-order valence-electron chi connectivity index (χ1n) is 23.7. The summed E-state index contributed by atoms with van der Waals surface area (Å²) in [4.78, 5) is 11.1. The Morgan fingerprint density at radius 3 is 1.02 bits per heavy atom. The molecule has 52 heavy (non-hydrogen) atoms. The topological polar surface area (TPSA) is 70.0 Å². The smallest absolute Gasteiger partial charge is 0.290 e. The number of hydrogen-bond acceptors (Lipinski definition) is 4. The summed E-state index contributed by atoms with van der Waals surface area (Å²) in [5.74, 6) is 0. The van der Waals surface area contributed by atoms with Crippen molar-refractivity contribution in [3.8, 4) is 0 Å². The number of aliphatic hydroxyl groups excluding tert-OH is 1. The molecule has 0 saturated heterocycles. The lowest BCUT2D eigenvalue weighted by atomic mass is 10.0. The first-order chi connectivity index (χ1) is 25.7. The second-order valence-corrected chi connectivity index (χ2v) is 16.1. The molecule has 0 aliphatic heterocycles. The standard InChI is InChI=1S/C46H95NO2.CH2O2/c1-4-7-10-13-16-17-18-19-20-21-22-24-29-34-41-47(43-36-37-44-48)42-35-30-25-23-26-31-38-45-49-46(39-32-27-14-11-8-5-2)40-33-28-15-12-9-6-3;2-1-3/h46,48H,4-45H2,1-3H3;1H,(H,2,3). The maximum atomic E-state index is 9.27. The molecule has 0 fully saturated rings. The second-order valence-electron chi connectivity index (χ2n) is 16.1. The van der Waals surface area contributed by atoms with E-state index in [-0.39, 0.29) is 6.47 Å². The Labute approximate surface area is 327 Å². The average molecular weight is 740 g/mol. The van der Waals surface area contributed by atoms with E-state index in [1.165, 1.54) is 244 Å². The summed E-state index contributed by atoms with van der Waals surface area (Å²) in [6, 6.07) is 0. The van der Waals surface area contributed by atoms with Crippen LogP contribution in [-0.4, -0.2) is 60.5 Å². The van der Waals surface area contributed by atoms with Crippen molar-refractivity contribution in [2.45, 2.75) is 264 Å². The van der Waals surface area contributed by atoms with Gasteiger partial charge in [-0.2, -0.15) is 0 Å². The van der Waals surface area contributed by atoms with E-state index >= 15 is 0 Å². The third kappa shape index (κ3) is 47.4. The van der Waals surface area contributed by atoms with E-state index in [1.807, 2.05) is 0 Å². The fourth-order valence-electron chi connectivity index (χ4n) is 7.50. The van der Waals surface area contributed by atoms with E-state index in [9.17, 15) is 5.11 Å². The third-order valence-corrected chi connectivity index (χ3v) is 10.9. The van der Waals surface area contributed by atoms with Crippen molar-refractivity contribution in [3.63, 3.8) is 0 Å². The molecular formula is C47H97NO4. The second kappa shape index (κ2) is 50.4. The molecule has 0 heterocycles. The first kappa shape index (κ1) is 53.5. The highest BCUT2D eigenvalue weighted by molar-refractivity contribution is 5.32. The molecule has 5 heteroatoms. The Hall–Kier alpha value is -0.650. The number of carbonyl (C=O) groups is 1. The summed E-state index contributed by atoms with van der Waals surface area (Å²) in [5.41, 5.74) is 0. The molecular weight excluding hydrogens is 643 g/mol. The van der Waals surface area contributed by atoms with Gasteiger partial charge in [-0.25, -0.2) is 0 Å². The molecule has 0 atom stereocenters. The maximum Gasteiger partial charge on any atom is 0.290 e. The molecule has 0 aliphatic rings. The summed E-state index contributed by atoms with van der Waals surface area (Å²) in [6.45, 7) is 11.7. The van der Waals surface area contributed by atoms with Crippen LogP contribution in [0.25, 0.3) is 0 Å². The Balaban J connectivity index is 0. The first-order valence-corrected chi connectivity index (χ1v) is 23.7. The van der Waals surface area contributed by atoms with Gasteiger partial charge in [-0.15, -0.1) is 0 Å². The van der Waals surface area contributed by atoms with Gasteiger partial charge in [0.05, 0.1) is 6.10 Å². The Morgan fingerprint density at radius 2 is 0.692 bits per heavy atom. The number of unbranched alkanes of at least 4 members (excludes halogenated alkanes) is 30. The lowest BCUT2D eigenvalue weighted by molar-refractivity contribution is -0.122. The van der Waals surface area contributed by atoms with E-state index in [0.717, 1.165) is 19.4 Å². The maximum absolute atomic E-state index is 9.27. The van der Waals surface area contributed by atoms with Crippen LogP contribution in [0.15, 0.2) is 0 Å². The predicted octanol–water partition coefficient (Wildman–Crippen LogP) is 14.9. The minimum Gasteiger partial charge on any atom is -0.483 e. The normalized spacial score (nSPS) is 11.4. The minimum absolute atomic E-state index is 0.250. The molecule has 0 amide bonds. The lowest BCUT2D eigenvalue weighted by Crippen LogP contribution is -2.27. The van der Waals surface area contributed by atoms with Crippen molar-refractivity contribution in [1.82, 2.24) is 4.90 Å². The summed E-state index contributed by atoms with van der Waals surface area (Å²) in [7, 11) is 0. The fourth-order valence-corrected chi connectivity index (χ4v) is 7.50. The molecule has 0 bridgehead atoms. The van der Waals surface area contributed by atoms with Gasteiger partial charge >= 0.3 is 0 Å². The summed E-state index contributed by atoms with van der Waals surface area (Å²) < 4.78 is 6.48. The number of rotatable bonds is 44. The number of aliphatic hydroxyl groups is 1. The zero-order valence-electron chi connectivity index (χ0n) is 36.0. The van der Waals surface area contributed by atoms with Gasteiger partial charge in [0, 0.05) is 13.2 Å². The zero-order chi connectivity index (χ0) is 38.3. The Morgan fingerprint density at radius 1 is 0.423 bits per heavy atom. The van der Waals surface area contributed by atoms with Crippen molar-refractivity contribution >= 4 is 6.47 Å². The number of ether oxygens (including phenoxy) is 1. The average Bonchev–Trinajstić information content (AvgIpc) is 3.15. The number of nitrogens with zero attached hydrogens (tertiary/aromatic N) is 1. The van der Waals surface area contributed by atoms with Crippen molar-refractivity contribution in [2.24, 2.45) is 0 Å². The quantitative estimate of drug-likeness (QED) is 0.0481. The molecule has 0 aromatic heterocycles. The van der Waals surface area contributed by atoms with Crippen LogP contribution in [0.3, 0.4) is 0 Å². The molecule has 0 rings (SSSR count). The van der Waals surface area contributed by atoms with Crippen LogP contribution >= 0.6 is 0 Å². The third-order valence-electron chi connectivity index (χ3n) is 10.9. The molecule has 0 unspecified atom stereocenters. The fraction of sp³-hybridized carbons (Fsp3) is 0.979. The minimum atomic E-state index is -0.250. The van der Waals surface area contributed by atoms with E-state index in [1.54, 1.807) is 0 Å². The zero-order valence-corrected chi connectivity index (χ0v) is 36.0. The SMILES string of the molecule is CCCCCCCCCCCCCCCCN(CCCCO)CCCCCCCCCOC(CCCCCCCC)CCCCCCCC.O=CO.